The van der Waals surface area contributed by atoms with Gasteiger partial charge in [-0.1, -0.05) is 11.6 Å². The molecule has 0 saturated carbocycles. The molecule has 0 aliphatic heterocycles. The van der Waals surface area contributed by atoms with E-state index >= 15 is 0 Å². The number of aryl methyl sites for hydroxylation is 1. The van der Waals surface area contributed by atoms with E-state index in [1.54, 1.807) is 11.9 Å². The fraction of sp³-hybridized carbons (Fsp3) is 0.364. The normalized spacial score (nSPS) is 10.0. The molecule has 0 unspecified atom stereocenters. The van der Waals surface area contributed by atoms with Gasteiger partial charge >= 0.3 is 0 Å². The summed E-state index contributed by atoms with van der Waals surface area (Å²) < 4.78 is 0.855. The Morgan fingerprint density at radius 2 is 2.14 bits per heavy atom. The third kappa shape index (κ3) is 2.35. The van der Waals surface area contributed by atoms with Gasteiger partial charge in [-0.2, -0.15) is 0 Å². The van der Waals surface area contributed by atoms with Crippen molar-refractivity contribution >= 4 is 21.8 Å². The van der Waals surface area contributed by atoms with Gasteiger partial charge in [-0.3, -0.25) is 4.79 Å². The van der Waals surface area contributed by atoms with Crippen LogP contribution < -0.4 is 0 Å². The Morgan fingerprint density at radius 1 is 1.50 bits per heavy atom. The zero-order chi connectivity index (χ0) is 10.7. The maximum absolute atomic E-state index is 11.8. The van der Waals surface area contributed by atoms with Crippen LogP contribution in [0.4, 0.5) is 0 Å². The van der Waals surface area contributed by atoms with Gasteiger partial charge < -0.3 is 4.90 Å². The summed E-state index contributed by atoms with van der Waals surface area (Å²) in [5.74, 6) is 0.0584. The maximum Gasteiger partial charge on any atom is 0.254 e. The van der Waals surface area contributed by atoms with Gasteiger partial charge in [-0.05, 0) is 41.9 Å². The zero-order valence-electron chi connectivity index (χ0n) is 8.67. The second-order valence-electron chi connectivity index (χ2n) is 3.30. The molecule has 0 heterocycles. The van der Waals surface area contributed by atoms with E-state index in [0.717, 1.165) is 22.1 Å². The fourth-order valence-corrected chi connectivity index (χ4v) is 1.57. The predicted molar refractivity (Wildman–Crippen MR) is 61.5 cm³/mol. The maximum atomic E-state index is 11.8. The molecule has 3 heteroatoms. The summed E-state index contributed by atoms with van der Waals surface area (Å²) in [5, 5.41) is 0. The molecule has 0 aromatic heterocycles. The Hall–Kier alpha value is -0.830. The van der Waals surface area contributed by atoms with Gasteiger partial charge in [0.1, 0.15) is 0 Å². The van der Waals surface area contributed by atoms with Crippen LogP contribution in [0.5, 0.6) is 0 Å². The highest BCUT2D eigenvalue weighted by atomic mass is 79.9. The quantitative estimate of drug-likeness (QED) is 0.796. The van der Waals surface area contributed by atoms with E-state index < -0.39 is 0 Å². The standard InChI is InChI=1S/C11H14BrNO/c1-4-13(3)11(14)9-7-8(2)5-6-10(9)12/h5-7H,4H2,1-3H3. The molecule has 0 fully saturated rings. The molecule has 1 amide bonds. The molecule has 1 aromatic rings. The molecule has 0 atom stereocenters. The Labute approximate surface area is 93.0 Å². The molecule has 2 nitrogen and oxygen atoms in total. The first kappa shape index (κ1) is 11.2. The summed E-state index contributed by atoms with van der Waals surface area (Å²) in [4.78, 5) is 13.5. The molecular weight excluding hydrogens is 242 g/mol. The number of halogens is 1. The fourth-order valence-electron chi connectivity index (χ4n) is 1.15. The van der Waals surface area contributed by atoms with Crippen LogP contribution in [-0.2, 0) is 0 Å². The first-order valence-electron chi connectivity index (χ1n) is 4.58. The summed E-state index contributed by atoms with van der Waals surface area (Å²) >= 11 is 3.38. The summed E-state index contributed by atoms with van der Waals surface area (Å²) in [6.07, 6.45) is 0. The number of carbonyl (C=O) groups is 1. The van der Waals surface area contributed by atoms with Crippen molar-refractivity contribution < 1.29 is 4.79 Å². The first-order chi connectivity index (χ1) is 6.56. The number of benzene rings is 1. The molecule has 0 N–H and O–H groups in total. The third-order valence-corrected chi connectivity index (χ3v) is 2.86. The van der Waals surface area contributed by atoms with E-state index in [1.165, 1.54) is 0 Å². The minimum atomic E-state index is 0.0584. The molecule has 0 aliphatic carbocycles. The van der Waals surface area contributed by atoms with Crippen LogP contribution >= 0.6 is 15.9 Å². The van der Waals surface area contributed by atoms with E-state index in [9.17, 15) is 4.79 Å². The molecule has 14 heavy (non-hydrogen) atoms. The second-order valence-corrected chi connectivity index (χ2v) is 4.16. The lowest BCUT2D eigenvalue weighted by Crippen LogP contribution is -2.26. The molecule has 76 valence electrons. The SMILES string of the molecule is CCN(C)C(=O)c1cc(C)ccc1Br. The molecule has 1 rings (SSSR count). The van der Waals surface area contributed by atoms with Gasteiger partial charge in [0.2, 0.25) is 0 Å². The van der Waals surface area contributed by atoms with E-state index in [4.69, 9.17) is 0 Å². The molecule has 0 saturated heterocycles. The van der Waals surface area contributed by atoms with Crippen molar-refractivity contribution in [2.45, 2.75) is 13.8 Å². The summed E-state index contributed by atoms with van der Waals surface area (Å²) in [7, 11) is 1.80. The molecule has 0 radical (unpaired) electrons. The number of hydrogen-bond acceptors (Lipinski definition) is 1. The average Bonchev–Trinajstić information content (AvgIpc) is 2.19. The monoisotopic (exact) mass is 255 g/mol. The van der Waals surface area contributed by atoms with E-state index in [0.29, 0.717) is 0 Å². The van der Waals surface area contributed by atoms with Crippen molar-refractivity contribution in [3.63, 3.8) is 0 Å². The van der Waals surface area contributed by atoms with Crippen LogP contribution in [0, 0.1) is 6.92 Å². The molecule has 0 bridgehead atoms. The highest BCUT2D eigenvalue weighted by Crippen LogP contribution is 2.19. The molecule has 0 aliphatic rings. The van der Waals surface area contributed by atoms with Crippen molar-refractivity contribution in [3.05, 3.63) is 33.8 Å². The van der Waals surface area contributed by atoms with Gasteiger partial charge in [0.15, 0.2) is 0 Å². The second kappa shape index (κ2) is 4.60. The first-order valence-corrected chi connectivity index (χ1v) is 5.37. The Balaban J connectivity index is 3.06. The third-order valence-electron chi connectivity index (χ3n) is 2.17. The minimum Gasteiger partial charge on any atom is -0.342 e. The minimum absolute atomic E-state index is 0.0584. The van der Waals surface area contributed by atoms with Crippen molar-refractivity contribution in [2.24, 2.45) is 0 Å². The predicted octanol–water partition coefficient (Wildman–Crippen LogP) is 2.85. The van der Waals surface area contributed by atoms with Crippen LogP contribution in [0.1, 0.15) is 22.8 Å². The highest BCUT2D eigenvalue weighted by Gasteiger charge is 2.13. The van der Waals surface area contributed by atoms with Gasteiger partial charge in [0.05, 0.1) is 5.56 Å². The topological polar surface area (TPSA) is 20.3 Å². The van der Waals surface area contributed by atoms with Crippen molar-refractivity contribution in [1.29, 1.82) is 0 Å². The zero-order valence-corrected chi connectivity index (χ0v) is 10.3. The lowest BCUT2D eigenvalue weighted by atomic mass is 10.1. The Morgan fingerprint density at radius 3 is 2.71 bits per heavy atom. The van der Waals surface area contributed by atoms with Crippen LogP contribution in [0.3, 0.4) is 0 Å². The Kier molecular flexibility index (Phi) is 3.69. The van der Waals surface area contributed by atoms with E-state index in [-0.39, 0.29) is 5.91 Å². The summed E-state index contributed by atoms with van der Waals surface area (Å²) in [6, 6.07) is 5.79. The van der Waals surface area contributed by atoms with Gasteiger partial charge in [0, 0.05) is 18.1 Å². The van der Waals surface area contributed by atoms with E-state index in [2.05, 4.69) is 15.9 Å². The summed E-state index contributed by atoms with van der Waals surface area (Å²) in [6.45, 7) is 4.66. The van der Waals surface area contributed by atoms with Gasteiger partial charge in [0.25, 0.3) is 5.91 Å². The van der Waals surface area contributed by atoms with Gasteiger partial charge in [-0.25, -0.2) is 0 Å². The largest absolute Gasteiger partial charge is 0.342 e. The van der Waals surface area contributed by atoms with Crippen LogP contribution in [0.15, 0.2) is 22.7 Å². The van der Waals surface area contributed by atoms with Crippen molar-refractivity contribution in [1.82, 2.24) is 4.90 Å². The Bertz CT molecular complexity index is 349. The smallest absolute Gasteiger partial charge is 0.254 e. The van der Waals surface area contributed by atoms with Crippen LogP contribution in [-0.4, -0.2) is 24.4 Å². The van der Waals surface area contributed by atoms with E-state index in [1.807, 2.05) is 32.0 Å². The molecular formula is C11H14BrNO. The highest BCUT2D eigenvalue weighted by molar-refractivity contribution is 9.10. The molecule has 1 aromatic carbocycles. The summed E-state index contributed by atoms with van der Waals surface area (Å²) in [5.41, 5.74) is 1.83. The number of nitrogens with zero attached hydrogens (tertiary/aromatic N) is 1. The van der Waals surface area contributed by atoms with Gasteiger partial charge in [-0.15, -0.1) is 0 Å². The van der Waals surface area contributed by atoms with Crippen molar-refractivity contribution in [3.8, 4) is 0 Å². The number of hydrogen-bond donors (Lipinski definition) is 0. The lowest BCUT2D eigenvalue weighted by molar-refractivity contribution is 0.0801. The van der Waals surface area contributed by atoms with Crippen molar-refractivity contribution in [2.75, 3.05) is 13.6 Å². The average molecular weight is 256 g/mol. The number of carbonyl (C=O) groups excluding carboxylic acids is 1. The lowest BCUT2D eigenvalue weighted by Gasteiger charge is -2.15. The molecule has 0 spiro atoms. The van der Waals surface area contributed by atoms with Crippen LogP contribution in [0.2, 0.25) is 0 Å². The number of rotatable bonds is 2. The number of amides is 1. The van der Waals surface area contributed by atoms with Crippen LogP contribution in [0.25, 0.3) is 0 Å².